The van der Waals surface area contributed by atoms with Gasteiger partial charge < -0.3 is 5.32 Å². The summed E-state index contributed by atoms with van der Waals surface area (Å²) in [5.74, 6) is 0.278. The molecule has 23 heavy (non-hydrogen) atoms. The van der Waals surface area contributed by atoms with Crippen LogP contribution in [0.2, 0.25) is 0 Å². The van der Waals surface area contributed by atoms with Crippen LogP contribution in [0.15, 0.2) is 36.9 Å². The van der Waals surface area contributed by atoms with Gasteiger partial charge in [-0.15, -0.1) is 0 Å². The number of carbonyl (C=O) groups is 1. The zero-order valence-electron chi connectivity index (χ0n) is 14.2. The van der Waals surface area contributed by atoms with Crippen molar-refractivity contribution in [1.82, 2.24) is 20.1 Å². The second-order valence-electron chi connectivity index (χ2n) is 5.91. The summed E-state index contributed by atoms with van der Waals surface area (Å²) in [4.78, 5) is 16.3. The first-order valence-corrected chi connectivity index (χ1v) is 8.41. The number of rotatable bonds is 8. The van der Waals surface area contributed by atoms with E-state index in [9.17, 15) is 4.79 Å². The van der Waals surface area contributed by atoms with Crippen molar-refractivity contribution >= 4 is 5.91 Å². The molecule has 0 aliphatic carbocycles. The van der Waals surface area contributed by atoms with E-state index < -0.39 is 0 Å². The molecule has 2 aromatic rings. The van der Waals surface area contributed by atoms with E-state index in [-0.39, 0.29) is 17.9 Å². The number of nitrogens with one attached hydrogen (secondary N) is 1. The van der Waals surface area contributed by atoms with Crippen LogP contribution < -0.4 is 5.32 Å². The third-order valence-corrected chi connectivity index (χ3v) is 4.20. The Kier molecular flexibility index (Phi) is 6.32. The number of benzene rings is 1. The van der Waals surface area contributed by atoms with Crippen LogP contribution in [0, 0.1) is 5.92 Å². The van der Waals surface area contributed by atoms with Crippen LogP contribution in [0.25, 0.3) is 5.69 Å². The van der Waals surface area contributed by atoms with Crippen LogP contribution in [0.1, 0.15) is 58.1 Å². The van der Waals surface area contributed by atoms with Gasteiger partial charge >= 0.3 is 0 Å². The van der Waals surface area contributed by atoms with Crippen molar-refractivity contribution < 1.29 is 4.79 Å². The van der Waals surface area contributed by atoms with E-state index in [1.165, 1.54) is 6.33 Å². The van der Waals surface area contributed by atoms with Crippen molar-refractivity contribution in [3.63, 3.8) is 0 Å². The molecule has 0 spiro atoms. The van der Waals surface area contributed by atoms with Crippen molar-refractivity contribution in [2.75, 3.05) is 0 Å². The summed E-state index contributed by atoms with van der Waals surface area (Å²) in [5, 5.41) is 7.24. The van der Waals surface area contributed by atoms with Crippen LogP contribution >= 0.6 is 0 Å². The molecule has 0 bridgehead atoms. The molecule has 0 saturated heterocycles. The van der Waals surface area contributed by atoms with Crippen LogP contribution in [0.5, 0.6) is 0 Å². The molecule has 1 aromatic heterocycles. The van der Waals surface area contributed by atoms with Gasteiger partial charge in [-0.2, -0.15) is 5.10 Å². The number of hydrogen-bond donors (Lipinski definition) is 1. The smallest absolute Gasteiger partial charge is 0.223 e. The molecule has 0 fully saturated rings. The Hall–Kier alpha value is -2.17. The zero-order valence-corrected chi connectivity index (χ0v) is 14.2. The molecule has 5 nitrogen and oxygen atoms in total. The quantitative estimate of drug-likeness (QED) is 0.809. The summed E-state index contributed by atoms with van der Waals surface area (Å²) >= 11 is 0. The van der Waals surface area contributed by atoms with E-state index in [4.69, 9.17) is 0 Å². The van der Waals surface area contributed by atoms with Gasteiger partial charge in [-0.05, 0) is 37.5 Å². The average molecular weight is 314 g/mol. The number of nitrogens with zero attached hydrogens (tertiary/aromatic N) is 3. The summed E-state index contributed by atoms with van der Waals surface area (Å²) in [6.45, 7) is 6.26. The lowest BCUT2D eigenvalue weighted by molar-refractivity contribution is -0.126. The SMILES string of the molecule is CCCCC(CC)C(=O)NC(C)c1ccc(-n2cncn2)cc1. The minimum absolute atomic E-state index is 0.00275. The first kappa shape index (κ1) is 17.2. The molecular formula is C18H26N4O. The maximum Gasteiger partial charge on any atom is 0.223 e. The van der Waals surface area contributed by atoms with Crippen molar-refractivity contribution in [1.29, 1.82) is 0 Å². The Morgan fingerprint density at radius 3 is 2.57 bits per heavy atom. The number of hydrogen-bond acceptors (Lipinski definition) is 3. The van der Waals surface area contributed by atoms with E-state index in [1.807, 2.05) is 31.2 Å². The minimum Gasteiger partial charge on any atom is -0.349 e. The summed E-state index contributed by atoms with van der Waals surface area (Å²) < 4.78 is 1.71. The highest BCUT2D eigenvalue weighted by Crippen LogP contribution is 2.18. The van der Waals surface area contributed by atoms with Gasteiger partial charge in [0.05, 0.1) is 11.7 Å². The summed E-state index contributed by atoms with van der Waals surface area (Å²) in [6, 6.07) is 8.02. The molecule has 124 valence electrons. The molecule has 0 radical (unpaired) electrons. The fourth-order valence-electron chi connectivity index (χ4n) is 2.64. The Morgan fingerprint density at radius 2 is 2.00 bits per heavy atom. The minimum atomic E-state index is 0.00275. The van der Waals surface area contributed by atoms with Crippen LogP contribution in [0.4, 0.5) is 0 Å². The third kappa shape index (κ3) is 4.65. The fourth-order valence-corrected chi connectivity index (χ4v) is 2.64. The highest BCUT2D eigenvalue weighted by molar-refractivity contribution is 5.79. The Labute approximate surface area is 138 Å². The van der Waals surface area contributed by atoms with E-state index in [0.29, 0.717) is 0 Å². The van der Waals surface area contributed by atoms with Gasteiger partial charge in [0.15, 0.2) is 0 Å². The fraction of sp³-hybridized carbons (Fsp3) is 0.500. The number of carbonyl (C=O) groups excluding carboxylic acids is 1. The molecule has 1 N–H and O–H groups in total. The number of aromatic nitrogens is 3. The lowest BCUT2D eigenvalue weighted by atomic mass is 9.97. The molecular weight excluding hydrogens is 288 g/mol. The first-order valence-electron chi connectivity index (χ1n) is 8.41. The van der Waals surface area contributed by atoms with E-state index >= 15 is 0 Å². The standard InChI is InChI=1S/C18H26N4O/c1-4-6-7-15(5-2)18(23)21-14(3)16-8-10-17(11-9-16)22-13-19-12-20-22/h8-15H,4-7H2,1-3H3,(H,21,23). The van der Waals surface area contributed by atoms with Crippen molar-refractivity contribution in [3.05, 3.63) is 42.5 Å². The van der Waals surface area contributed by atoms with Crippen molar-refractivity contribution in [3.8, 4) is 5.69 Å². The maximum absolute atomic E-state index is 12.4. The molecule has 0 aliphatic rings. The maximum atomic E-state index is 12.4. The second-order valence-corrected chi connectivity index (χ2v) is 5.91. The summed E-state index contributed by atoms with van der Waals surface area (Å²) in [7, 11) is 0. The molecule has 1 amide bonds. The predicted octanol–water partition coefficient (Wildman–Crippen LogP) is 3.66. The summed E-state index contributed by atoms with van der Waals surface area (Å²) in [5.41, 5.74) is 2.05. The Bertz CT molecular complexity index is 592. The van der Waals surface area contributed by atoms with Gasteiger partial charge in [-0.25, -0.2) is 9.67 Å². The van der Waals surface area contributed by atoms with E-state index in [0.717, 1.165) is 36.9 Å². The molecule has 1 aromatic carbocycles. The van der Waals surface area contributed by atoms with Crippen LogP contribution in [-0.4, -0.2) is 20.7 Å². The van der Waals surface area contributed by atoms with Gasteiger partial charge in [0.25, 0.3) is 0 Å². The third-order valence-electron chi connectivity index (χ3n) is 4.20. The molecule has 0 saturated carbocycles. The van der Waals surface area contributed by atoms with Crippen LogP contribution in [-0.2, 0) is 4.79 Å². The number of unbranched alkanes of at least 4 members (excludes halogenated alkanes) is 1. The van der Waals surface area contributed by atoms with E-state index in [1.54, 1.807) is 11.0 Å². The average Bonchev–Trinajstić information content (AvgIpc) is 3.10. The molecule has 1 heterocycles. The van der Waals surface area contributed by atoms with Gasteiger partial charge in [0.1, 0.15) is 12.7 Å². The Balaban J connectivity index is 1.97. The number of amides is 1. The molecule has 2 rings (SSSR count). The van der Waals surface area contributed by atoms with Crippen molar-refractivity contribution in [2.45, 2.75) is 52.5 Å². The van der Waals surface area contributed by atoms with Gasteiger partial charge in [-0.1, -0.05) is 38.8 Å². The zero-order chi connectivity index (χ0) is 16.7. The first-order chi connectivity index (χ1) is 11.2. The van der Waals surface area contributed by atoms with Gasteiger partial charge in [-0.3, -0.25) is 4.79 Å². The van der Waals surface area contributed by atoms with Crippen LogP contribution in [0.3, 0.4) is 0 Å². The normalized spacial score (nSPS) is 13.5. The van der Waals surface area contributed by atoms with Gasteiger partial charge in [0.2, 0.25) is 5.91 Å². The molecule has 5 heteroatoms. The predicted molar refractivity (Wildman–Crippen MR) is 91.2 cm³/mol. The summed E-state index contributed by atoms with van der Waals surface area (Å²) in [6.07, 6.45) is 7.27. The molecule has 2 unspecified atom stereocenters. The second kappa shape index (κ2) is 8.46. The molecule has 0 aliphatic heterocycles. The van der Waals surface area contributed by atoms with Crippen molar-refractivity contribution in [2.24, 2.45) is 5.92 Å². The largest absolute Gasteiger partial charge is 0.349 e. The van der Waals surface area contributed by atoms with Gasteiger partial charge in [0, 0.05) is 5.92 Å². The lowest BCUT2D eigenvalue weighted by Crippen LogP contribution is -2.32. The Morgan fingerprint density at radius 1 is 1.26 bits per heavy atom. The monoisotopic (exact) mass is 314 g/mol. The van der Waals surface area contributed by atoms with E-state index in [2.05, 4.69) is 29.2 Å². The lowest BCUT2D eigenvalue weighted by Gasteiger charge is -2.19. The highest BCUT2D eigenvalue weighted by atomic mass is 16.1. The molecule has 2 atom stereocenters. The topological polar surface area (TPSA) is 59.8 Å². The highest BCUT2D eigenvalue weighted by Gasteiger charge is 2.18.